The van der Waals surface area contributed by atoms with Crippen LogP contribution in [-0.4, -0.2) is 49.4 Å². The van der Waals surface area contributed by atoms with Crippen LogP contribution in [0.1, 0.15) is 12.5 Å². The number of carbonyl (C=O) groups is 3. The number of ether oxygens (including phenoxy) is 3. The summed E-state index contributed by atoms with van der Waals surface area (Å²) in [6, 6.07) is 2.14. The molecule has 0 N–H and O–H groups in total. The summed E-state index contributed by atoms with van der Waals surface area (Å²) in [7, 11) is 4.14. The fourth-order valence-corrected chi connectivity index (χ4v) is 3.32. The van der Waals surface area contributed by atoms with Crippen molar-refractivity contribution in [1.82, 2.24) is 4.90 Å². The van der Waals surface area contributed by atoms with Gasteiger partial charge in [0.25, 0.3) is 11.1 Å². The van der Waals surface area contributed by atoms with Gasteiger partial charge in [0, 0.05) is 6.07 Å². The molecule has 0 bridgehead atoms. The van der Waals surface area contributed by atoms with Gasteiger partial charge >= 0.3 is 5.97 Å². The van der Waals surface area contributed by atoms with Crippen molar-refractivity contribution < 1.29 is 28.6 Å². The number of amides is 2. The average Bonchev–Trinajstić information content (AvgIpc) is 2.88. The van der Waals surface area contributed by atoms with E-state index < -0.39 is 23.2 Å². The number of methoxy groups -OCH3 is 3. The zero-order valence-electron chi connectivity index (χ0n) is 14.0. The Labute approximate surface area is 153 Å². The summed E-state index contributed by atoms with van der Waals surface area (Å²) in [5, 5.41) is -0.226. The van der Waals surface area contributed by atoms with E-state index in [9.17, 15) is 14.4 Å². The lowest BCUT2D eigenvalue weighted by atomic mass is 10.1. The van der Waals surface area contributed by atoms with Crippen LogP contribution in [0.25, 0.3) is 6.08 Å². The molecule has 1 atom stereocenters. The molecule has 2 rings (SSSR count). The fourth-order valence-electron chi connectivity index (χ4n) is 2.21. The van der Waals surface area contributed by atoms with Crippen LogP contribution in [0.15, 0.2) is 17.0 Å². The van der Waals surface area contributed by atoms with Crippen LogP contribution in [0.3, 0.4) is 0 Å². The summed E-state index contributed by atoms with van der Waals surface area (Å²) in [5.74, 6) is -0.385. The van der Waals surface area contributed by atoms with Gasteiger partial charge in [-0.15, -0.1) is 0 Å². The molecule has 1 aliphatic heterocycles. The standard InChI is InChI=1S/C16H16ClNO6S/c1-8(15(20)24-4)18-14(19)13(25-16(18)21)6-9-5-11(22-2)12(23-3)7-10(9)17/h5-8H,1-4H3/b13-6-/t8-/m1/s1. The second kappa shape index (κ2) is 7.79. The van der Waals surface area contributed by atoms with Crippen molar-refractivity contribution in [2.45, 2.75) is 13.0 Å². The van der Waals surface area contributed by atoms with Crippen molar-refractivity contribution in [3.05, 3.63) is 27.6 Å². The average molecular weight is 386 g/mol. The Hall–Kier alpha value is -2.19. The number of esters is 1. The number of halogens is 1. The Kier molecular flexibility index (Phi) is 5.97. The third kappa shape index (κ3) is 3.74. The molecule has 1 aliphatic rings. The predicted octanol–water partition coefficient (Wildman–Crippen LogP) is 2.96. The maximum atomic E-state index is 12.5. The van der Waals surface area contributed by atoms with Crippen molar-refractivity contribution >= 4 is 46.6 Å². The number of benzene rings is 1. The Bertz CT molecular complexity index is 763. The maximum absolute atomic E-state index is 12.5. The quantitative estimate of drug-likeness (QED) is 0.569. The Morgan fingerprint density at radius 3 is 2.36 bits per heavy atom. The van der Waals surface area contributed by atoms with E-state index in [1.165, 1.54) is 34.3 Å². The Morgan fingerprint density at radius 1 is 1.20 bits per heavy atom. The molecule has 0 saturated carbocycles. The fraction of sp³-hybridized carbons (Fsp3) is 0.312. The van der Waals surface area contributed by atoms with Crippen LogP contribution in [0.4, 0.5) is 4.79 Å². The molecule has 25 heavy (non-hydrogen) atoms. The molecule has 0 aliphatic carbocycles. The van der Waals surface area contributed by atoms with E-state index in [1.807, 2.05) is 0 Å². The van der Waals surface area contributed by atoms with Gasteiger partial charge in [-0.05, 0) is 36.4 Å². The van der Waals surface area contributed by atoms with E-state index in [2.05, 4.69) is 4.74 Å². The minimum absolute atomic E-state index is 0.148. The minimum Gasteiger partial charge on any atom is -0.493 e. The molecule has 1 aromatic carbocycles. The van der Waals surface area contributed by atoms with E-state index >= 15 is 0 Å². The monoisotopic (exact) mass is 385 g/mol. The smallest absolute Gasteiger partial charge is 0.328 e. The molecular formula is C16H16ClNO6S. The first kappa shape index (κ1) is 19.1. The Balaban J connectivity index is 2.38. The first-order valence-electron chi connectivity index (χ1n) is 7.10. The van der Waals surface area contributed by atoms with E-state index in [0.717, 1.165) is 16.7 Å². The van der Waals surface area contributed by atoms with E-state index in [0.29, 0.717) is 22.1 Å². The second-order valence-corrected chi connectivity index (χ2v) is 6.38. The normalized spacial score (nSPS) is 17.0. The summed E-state index contributed by atoms with van der Waals surface area (Å²) < 4.78 is 14.9. The SMILES string of the molecule is COC(=O)[C@@H](C)N1C(=O)S/C(=C\c2cc(OC)c(OC)cc2Cl)C1=O. The van der Waals surface area contributed by atoms with Crippen molar-refractivity contribution in [3.63, 3.8) is 0 Å². The van der Waals surface area contributed by atoms with Crippen molar-refractivity contribution in [2.75, 3.05) is 21.3 Å². The van der Waals surface area contributed by atoms with Crippen LogP contribution >= 0.6 is 23.4 Å². The summed E-state index contributed by atoms with van der Waals surface area (Å²) in [6.45, 7) is 1.43. The van der Waals surface area contributed by atoms with Gasteiger partial charge < -0.3 is 14.2 Å². The molecule has 9 heteroatoms. The van der Waals surface area contributed by atoms with E-state index in [-0.39, 0.29) is 4.91 Å². The first-order chi connectivity index (χ1) is 11.8. The van der Waals surface area contributed by atoms with Crippen LogP contribution in [0.2, 0.25) is 5.02 Å². The second-order valence-electron chi connectivity index (χ2n) is 4.98. The molecule has 2 amide bonds. The lowest BCUT2D eigenvalue weighted by Crippen LogP contribution is -2.42. The summed E-state index contributed by atoms with van der Waals surface area (Å²) in [5.41, 5.74) is 0.482. The summed E-state index contributed by atoms with van der Waals surface area (Å²) in [4.78, 5) is 37.2. The van der Waals surface area contributed by atoms with E-state index in [4.69, 9.17) is 21.1 Å². The van der Waals surface area contributed by atoms with Crippen molar-refractivity contribution in [2.24, 2.45) is 0 Å². The predicted molar refractivity (Wildman–Crippen MR) is 93.8 cm³/mol. The lowest BCUT2D eigenvalue weighted by molar-refractivity contribution is -0.148. The molecular weight excluding hydrogens is 370 g/mol. The van der Waals surface area contributed by atoms with Gasteiger partial charge in [-0.25, -0.2) is 4.79 Å². The van der Waals surface area contributed by atoms with Gasteiger partial charge in [-0.1, -0.05) is 11.6 Å². The number of rotatable bonds is 5. The number of thioether (sulfide) groups is 1. The number of hydrogen-bond donors (Lipinski definition) is 0. The summed E-state index contributed by atoms with van der Waals surface area (Å²) >= 11 is 6.92. The highest BCUT2D eigenvalue weighted by Crippen LogP contribution is 2.38. The Morgan fingerprint density at radius 2 is 1.80 bits per heavy atom. The molecule has 1 aromatic rings. The lowest BCUT2D eigenvalue weighted by Gasteiger charge is -2.18. The number of hydrogen-bond acceptors (Lipinski definition) is 7. The van der Waals surface area contributed by atoms with Crippen LogP contribution < -0.4 is 9.47 Å². The molecule has 0 radical (unpaired) electrons. The highest BCUT2D eigenvalue weighted by atomic mass is 35.5. The number of carbonyl (C=O) groups excluding carboxylic acids is 3. The molecule has 1 fully saturated rings. The molecule has 7 nitrogen and oxygen atoms in total. The zero-order chi connectivity index (χ0) is 18.7. The molecule has 1 heterocycles. The molecule has 1 saturated heterocycles. The molecule has 134 valence electrons. The third-order valence-electron chi connectivity index (χ3n) is 3.54. The highest BCUT2D eigenvalue weighted by Gasteiger charge is 2.41. The minimum atomic E-state index is -1.01. The van der Waals surface area contributed by atoms with Gasteiger partial charge in [-0.2, -0.15) is 0 Å². The van der Waals surface area contributed by atoms with E-state index in [1.54, 1.807) is 12.1 Å². The number of nitrogens with zero attached hydrogens (tertiary/aromatic N) is 1. The molecule has 0 unspecified atom stereocenters. The van der Waals surface area contributed by atoms with Gasteiger partial charge in [0.05, 0.1) is 31.3 Å². The highest BCUT2D eigenvalue weighted by molar-refractivity contribution is 8.18. The molecule has 0 aromatic heterocycles. The van der Waals surface area contributed by atoms with Crippen LogP contribution in [0.5, 0.6) is 11.5 Å². The zero-order valence-corrected chi connectivity index (χ0v) is 15.6. The third-order valence-corrected chi connectivity index (χ3v) is 4.75. The number of imide groups is 1. The van der Waals surface area contributed by atoms with Gasteiger partial charge in [0.15, 0.2) is 11.5 Å². The van der Waals surface area contributed by atoms with Crippen molar-refractivity contribution in [3.8, 4) is 11.5 Å². The van der Waals surface area contributed by atoms with Crippen LogP contribution in [0, 0.1) is 0 Å². The topological polar surface area (TPSA) is 82.1 Å². The summed E-state index contributed by atoms with van der Waals surface area (Å²) in [6.07, 6.45) is 1.47. The van der Waals surface area contributed by atoms with Crippen molar-refractivity contribution in [1.29, 1.82) is 0 Å². The molecule has 0 spiro atoms. The largest absolute Gasteiger partial charge is 0.493 e. The van der Waals surface area contributed by atoms with Crippen LogP contribution in [-0.2, 0) is 14.3 Å². The first-order valence-corrected chi connectivity index (χ1v) is 8.29. The van der Waals surface area contributed by atoms with Gasteiger partial charge in [0.2, 0.25) is 0 Å². The maximum Gasteiger partial charge on any atom is 0.328 e. The van der Waals surface area contributed by atoms with Gasteiger partial charge in [-0.3, -0.25) is 14.5 Å². The van der Waals surface area contributed by atoms with Gasteiger partial charge in [0.1, 0.15) is 6.04 Å².